The van der Waals surface area contributed by atoms with Crippen LogP contribution in [0.4, 0.5) is 0 Å². The number of nitrogens with zero attached hydrogens (tertiary/aromatic N) is 2. The summed E-state index contributed by atoms with van der Waals surface area (Å²) in [5.41, 5.74) is 3.93. The number of carbonyl (C=O) groups is 1. The van der Waals surface area contributed by atoms with E-state index in [2.05, 4.69) is 4.90 Å². The lowest BCUT2D eigenvalue weighted by Crippen LogP contribution is -2.32. The number of aromatic nitrogens is 1. The molecule has 0 radical (unpaired) electrons. The van der Waals surface area contributed by atoms with E-state index in [-0.39, 0.29) is 18.6 Å². The van der Waals surface area contributed by atoms with E-state index in [1.807, 2.05) is 61.5 Å². The van der Waals surface area contributed by atoms with Crippen molar-refractivity contribution in [3.63, 3.8) is 0 Å². The van der Waals surface area contributed by atoms with Gasteiger partial charge >= 0.3 is 5.97 Å². The van der Waals surface area contributed by atoms with Gasteiger partial charge in [0, 0.05) is 23.5 Å². The lowest BCUT2D eigenvalue weighted by molar-refractivity contribution is 0.0523. The molecule has 5 heteroatoms. The Hall–Kier alpha value is -2.76. The molecule has 2 aromatic carbocycles. The van der Waals surface area contributed by atoms with Crippen LogP contribution in [-0.4, -0.2) is 46.8 Å². The summed E-state index contributed by atoms with van der Waals surface area (Å²) in [6, 6.07) is 18.0. The van der Waals surface area contributed by atoms with E-state index in [1.165, 1.54) is 0 Å². The Kier molecular flexibility index (Phi) is 5.88. The highest BCUT2D eigenvalue weighted by Gasteiger charge is 2.29. The summed E-state index contributed by atoms with van der Waals surface area (Å²) in [5, 5.41) is 10.7. The van der Waals surface area contributed by atoms with Crippen LogP contribution in [0.15, 0.2) is 54.6 Å². The second-order valence-corrected chi connectivity index (χ2v) is 7.36. The largest absolute Gasteiger partial charge is 0.462 e. The van der Waals surface area contributed by atoms with Crippen molar-refractivity contribution >= 4 is 16.9 Å². The summed E-state index contributed by atoms with van der Waals surface area (Å²) in [7, 11) is 0. The molecule has 0 aliphatic carbocycles. The topological polar surface area (TPSA) is 62.7 Å². The van der Waals surface area contributed by atoms with E-state index in [1.54, 1.807) is 0 Å². The molecule has 29 heavy (non-hydrogen) atoms. The molecule has 0 bridgehead atoms. The van der Waals surface area contributed by atoms with Crippen molar-refractivity contribution in [3.05, 3.63) is 65.9 Å². The molecular weight excluding hydrogens is 364 g/mol. The highest BCUT2D eigenvalue weighted by Crippen LogP contribution is 2.35. The fourth-order valence-electron chi connectivity index (χ4n) is 4.21. The van der Waals surface area contributed by atoms with E-state index < -0.39 is 0 Å². The van der Waals surface area contributed by atoms with Crippen molar-refractivity contribution < 1.29 is 14.6 Å². The van der Waals surface area contributed by atoms with Gasteiger partial charge in [-0.25, -0.2) is 4.79 Å². The molecule has 3 aromatic rings. The van der Waals surface area contributed by atoms with Crippen LogP contribution in [0, 0.1) is 0 Å². The predicted molar refractivity (Wildman–Crippen MR) is 114 cm³/mol. The summed E-state index contributed by atoms with van der Waals surface area (Å²) in [6.07, 6.45) is 2.00. The quantitative estimate of drug-likeness (QED) is 0.644. The number of rotatable bonds is 6. The molecule has 1 atom stereocenters. The number of likely N-dealkylation sites (tertiary alicyclic amines) is 1. The Balaban J connectivity index is 1.94. The minimum atomic E-state index is -0.348. The zero-order valence-electron chi connectivity index (χ0n) is 16.7. The molecule has 0 amide bonds. The number of aliphatic hydroxyl groups excluding tert-OH is 1. The highest BCUT2D eigenvalue weighted by molar-refractivity contribution is 6.07. The smallest absolute Gasteiger partial charge is 0.340 e. The summed E-state index contributed by atoms with van der Waals surface area (Å²) in [4.78, 5) is 20.2. The zero-order chi connectivity index (χ0) is 20.2. The van der Waals surface area contributed by atoms with Crippen molar-refractivity contribution in [1.29, 1.82) is 0 Å². The average Bonchev–Trinajstić information content (AvgIpc) is 3.20. The van der Waals surface area contributed by atoms with Crippen molar-refractivity contribution in [2.75, 3.05) is 19.8 Å². The molecule has 1 aliphatic rings. The summed E-state index contributed by atoms with van der Waals surface area (Å²) in [5.74, 6) is -0.348. The molecule has 1 N–H and O–H groups in total. The van der Waals surface area contributed by atoms with E-state index in [0.29, 0.717) is 24.4 Å². The number of hydrogen-bond donors (Lipinski definition) is 1. The van der Waals surface area contributed by atoms with Gasteiger partial charge < -0.3 is 9.84 Å². The standard InChI is InChI=1S/C24H26N2O3/c1-2-29-24(28)23-21(15-26-14-8-11-18(26)16-27)25-20-13-7-6-12-19(20)22(23)17-9-4-3-5-10-17/h3-7,9-10,12-13,18,27H,2,8,11,14-16H2,1H3/t18-/m0/s1. The molecule has 1 fully saturated rings. The maximum atomic E-state index is 13.1. The van der Waals surface area contributed by atoms with Crippen molar-refractivity contribution in [1.82, 2.24) is 9.88 Å². The molecular formula is C24H26N2O3. The minimum Gasteiger partial charge on any atom is -0.462 e. The molecule has 0 saturated carbocycles. The number of fused-ring (bicyclic) bond motifs is 1. The van der Waals surface area contributed by atoms with Crippen molar-refractivity contribution in [2.45, 2.75) is 32.4 Å². The Morgan fingerprint density at radius 1 is 1.17 bits per heavy atom. The normalized spacial score (nSPS) is 17.0. The van der Waals surface area contributed by atoms with Crippen molar-refractivity contribution in [3.8, 4) is 11.1 Å². The third-order valence-corrected chi connectivity index (χ3v) is 5.57. The molecule has 1 aliphatic heterocycles. The zero-order valence-corrected chi connectivity index (χ0v) is 16.7. The number of esters is 1. The molecule has 1 aromatic heterocycles. The first-order valence-electron chi connectivity index (χ1n) is 10.2. The van der Waals surface area contributed by atoms with Crippen LogP contribution >= 0.6 is 0 Å². The summed E-state index contributed by atoms with van der Waals surface area (Å²) >= 11 is 0. The van der Waals surface area contributed by atoms with Crippen molar-refractivity contribution in [2.24, 2.45) is 0 Å². The predicted octanol–water partition coefficient (Wildman–Crippen LogP) is 4.04. The maximum Gasteiger partial charge on any atom is 0.340 e. The first kappa shape index (κ1) is 19.6. The third kappa shape index (κ3) is 3.88. The Bertz CT molecular complexity index is 1000. The molecule has 2 heterocycles. The fraction of sp³-hybridized carbons (Fsp3) is 0.333. The number of carbonyl (C=O) groups excluding carboxylic acids is 1. The number of pyridine rings is 1. The monoisotopic (exact) mass is 390 g/mol. The number of para-hydroxylation sites is 1. The van der Waals surface area contributed by atoms with E-state index in [9.17, 15) is 9.90 Å². The lowest BCUT2D eigenvalue weighted by atomic mass is 9.93. The van der Waals surface area contributed by atoms with Crippen LogP contribution in [0.25, 0.3) is 22.0 Å². The summed E-state index contributed by atoms with van der Waals surface area (Å²) in [6.45, 7) is 3.65. The maximum absolute atomic E-state index is 13.1. The van der Waals surface area contributed by atoms with Crippen LogP contribution in [0.5, 0.6) is 0 Å². The van der Waals surface area contributed by atoms with E-state index >= 15 is 0 Å². The van der Waals surface area contributed by atoms with Gasteiger partial charge in [-0.2, -0.15) is 0 Å². The first-order valence-corrected chi connectivity index (χ1v) is 10.2. The molecule has 1 saturated heterocycles. The minimum absolute atomic E-state index is 0.110. The van der Waals surface area contributed by atoms with Crippen LogP contribution in [-0.2, 0) is 11.3 Å². The van der Waals surface area contributed by atoms with E-state index in [0.717, 1.165) is 41.4 Å². The first-order chi connectivity index (χ1) is 14.2. The lowest BCUT2D eigenvalue weighted by Gasteiger charge is -2.24. The number of benzene rings is 2. The number of hydrogen-bond acceptors (Lipinski definition) is 5. The van der Waals surface area contributed by atoms with Gasteiger partial charge in [-0.05, 0) is 37.9 Å². The van der Waals surface area contributed by atoms with Gasteiger partial charge in [0.25, 0.3) is 0 Å². The highest BCUT2D eigenvalue weighted by atomic mass is 16.5. The van der Waals surface area contributed by atoms with Gasteiger partial charge in [-0.15, -0.1) is 0 Å². The average molecular weight is 390 g/mol. The summed E-state index contributed by atoms with van der Waals surface area (Å²) < 4.78 is 5.45. The Morgan fingerprint density at radius 2 is 1.93 bits per heavy atom. The number of ether oxygens (including phenoxy) is 1. The van der Waals surface area contributed by atoms with Gasteiger partial charge in [0.15, 0.2) is 0 Å². The van der Waals surface area contributed by atoms with Gasteiger partial charge in [-0.3, -0.25) is 9.88 Å². The van der Waals surface area contributed by atoms with Gasteiger partial charge in [0.2, 0.25) is 0 Å². The molecule has 0 unspecified atom stereocenters. The van der Waals surface area contributed by atoms with Crippen LogP contribution in [0.1, 0.15) is 35.8 Å². The number of aliphatic hydroxyl groups is 1. The Labute approximate surface area is 170 Å². The van der Waals surface area contributed by atoms with Gasteiger partial charge in [0.05, 0.1) is 30.0 Å². The van der Waals surface area contributed by atoms with Crippen LogP contribution in [0.3, 0.4) is 0 Å². The van der Waals surface area contributed by atoms with E-state index in [4.69, 9.17) is 9.72 Å². The second kappa shape index (κ2) is 8.72. The fourth-order valence-corrected chi connectivity index (χ4v) is 4.21. The SMILES string of the molecule is CCOC(=O)c1c(CN2CCC[C@H]2CO)nc2ccccc2c1-c1ccccc1. The molecule has 0 spiro atoms. The molecule has 5 nitrogen and oxygen atoms in total. The Morgan fingerprint density at radius 3 is 2.69 bits per heavy atom. The molecule has 4 rings (SSSR count). The second-order valence-electron chi connectivity index (χ2n) is 7.36. The third-order valence-electron chi connectivity index (χ3n) is 5.57. The van der Waals surface area contributed by atoms with Gasteiger partial charge in [-0.1, -0.05) is 48.5 Å². The van der Waals surface area contributed by atoms with Gasteiger partial charge in [0.1, 0.15) is 0 Å². The van der Waals surface area contributed by atoms with Crippen LogP contribution < -0.4 is 0 Å². The molecule has 150 valence electrons. The van der Waals surface area contributed by atoms with Crippen LogP contribution in [0.2, 0.25) is 0 Å².